The highest BCUT2D eigenvalue weighted by Crippen LogP contribution is 2.32. The lowest BCUT2D eigenvalue weighted by molar-refractivity contribution is -0.137. The standard InChI is InChI=1S/C24H27N3O5S/c1-2-26(15-17-9-10-20-21(14-17)32-13-12-31-20)24(28)18-6-5-11-27(16-18)23-19-7-3-4-8-22(19)33(29,30)25-23/h3-4,7-10,14,18H,2,5-6,11-13,15-16H2,1H3/t18-/m1/s1. The first-order chi connectivity index (χ1) is 16.0. The van der Waals surface area contributed by atoms with Crippen LogP contribution in [0.25, 0.3) is 0 Å². The van der Waals surface area contributed by atoms with E-state index >= 15 is 0 Å². The molecule has 3 aliphatic rings. The van der Waals surface area contributed by atoms with Gasteiger partial charge in [-0.1, -0.05) is 18.2 Å². The first kappa shape index (κ1) is 21.8. The zero-order valence-corrected chi connectivity index (χ0v) is 19.4. The molecule has 5 rings (SSSR count). The van der Waals surface area contributed by atoms with E-state index in [-0.39, 0.29) is 16.7 Å². The van der Waals surface area contributed by atoms with Crippen molar-refractivity contribution in [3.63, 3.8) is 0 Å². The molecule has 0 saturated carbocycles. The highest BCUT2D eigenvalue weighted by atomic mass is 32.2. The molecule has 3 aliphatic heterocycles. The summed E-state index contributed by atoms with van der Waals surface area (Å²) in [5, 5.41) is 0. The van der Waals surface area contributed by atoms with Gasteiger partial charge in [0.25, 0.3) is 10.0 Å². The third-order valence-corrected chi connectivity index (χ3v) is 7.68. The summed E-state index contributed by atoms with van der Waals surface area (Å²) < 4.78 is 40.3. The number of ether oxygens (including phenoxy) is 2. The molecule has 0 bridgehead atoms. The molecule has 174 valence electrons. The summed E-state index contributed by atoms with van der Waals surface area (Å²) in [6, 6.07) is 12.7. The molecule has 0 aliphatic carbocycles. The molecule has 3 heterocycles. The number of hydrogen-bond donors (Lipinski definition) is 0. The Hall–Kier alpha value is -3.07. The number of carbonyl (C=O) groups is 1. The number of amides is 1. The molecule has 2 aromatic rings. The number of fused-ring (bicyclic) bond motifs is 2. The predicted octanol–water partition coefficient (Wildman–Crippen LogP) is 2.67. The number of amidine groups is 1. The first-order valence-corrected chi connectivity index (χ1v) is 12.8. The second-order valence-corrected chi connectivity index (χ2v) is 10.1. The third kappa shape index (κ3) is 4.17. The maximum absolute atomic E-state index is 13.4. The van der Waals surface area contributed by atoms with Crippen LogP contribution in [0.5, 0.6) is 11.5 Å². The van der Waals surface area contributed by atoms with Gasteiger partial charge in [0.1, 0.15) is 18.1 Å². The van der Waals surface area contributed by atoms with Crippen molar-refractivity contribution in [3.8, 4) is 11.5 Å². The lowest BCUT2D eigenvalue weighted by Gasteiger charge is -2.36. The Labute approximate surface area is 193 Å². The fraction of sp³-hybridized carbons (Fsp3) is 0.417. The number of hydrogen-bond acceptors (Lipinski definition) is 6. The summed E-state index contributed by atoms with van der Waals surface area (Å²) in [6.45, 7) is 5.25. The Morgan fingerprint density at radius 1 is 1.15 bits per heavy atom. The minimum atomic E-state index is -3.68. The molecule has 1 atom stereocenters. The van der Waals surface area contributed by atoms with Crippen molar-refractivity contribution >= 4 is 21.8 Å². The largest absolute Gasteiger partial charge is 0.486 e. The van der Waals surface area contributed by atoms with Crippen LogP contribution in [0, 0.1) is 5.92 Å². The van der Waals surface area contributed by atoms with Gasteiger partial charge in [-0.3, -0.25) is 4.79 Å². The Morgan fingerprint density at radius 3 is 2.76 bits per heavy atom. The van der Waals surface area contributed by atoms with E-state index in [4.69, 9.17) is 9.47 Å². The van der Waals surface area contributed by atoms with Gasteiger partial charge < -0.3 is 19.3 Å². The second kappa shape index (κ2) is 8.70. The molecule has 0 N–H and O–H groups in total. The number of piperidine rings is 1. The number of carbonyl (C=O) groups excluding carboxylic acids is 1. The van der Waals surface area contributed by atoms with Gasteiger partial charge in [0.05, 0.1) is 5.92 Å². The molecule has 1 amide bonds. The van der Waals surface area contributed by atoms with Gasteiger partial charge in [-0.2, -0.15) is 8.42 Å². The maximum atomic E-state index is 13.4. The van der Waals surface area contributed by atoms with E-state index in [1.54, 1.807) is 18.2 Å². The highest BCUT2D eigenvalue weighted by Gasteiger charge is 2.36. The van der Waals surface area contributed by atoms with Crippen LogP contribution in [-0.2, 0) is 21.4 Å². The lowest BCUT2D eigenvalue weighted by atomic mass is 9.95. The number of nitrogens with zero attached hydrogens (tertiary/aromatic N) is 3. The summed E-state index contributed by atoms with van der Waals surface area (Å²) in [7, 11) is -3.68. The van der Waals surface area contributed by atoms with Crippen LogP contribution in [0.15, 0.2) is 51.8 Å². The van der Waals surface area contributed by atoms with E-state index in [2.05, 4.69) is 4.40 Å². The van der Waals surface area contributed by atoms with Gasteiger partial charge in [0.2, 0.25) is 5.91 Å². The van der Waals surface area contributed by atoms with Gasteiger partial charge >= 0.3 is 0 Å². The summed E-state index contributed by atoms with van der Waals surface area (Å²) in [6.07, 6.45) is 1.58. The number of likely N-dealkylation sites (tertiary alicyclic amines) is 1. The van der Waals surface area contributed by atoms with Crippen molar-refractivity contribution in [3.05, 3.63) is 53.6 Å². The monoisotopic (exact) mass is 469 g/mol. The Bertz CT molecular complexity index is 1210. The predicted molar refractivity (Wildman–Crippen MR) is 123 cm³/mol. The number of benzene rings is 2. The Balaban J connectivity index is 1.31. The van der Waals surface area contributed by atoms with Gasteiger partial charge in [-0.25, -0.2) is 0 Å². The van der Waals surface area contributed by atoms with E-state index in [1.807, 2.05) is 41.0 Å². The fourth-order valence-corrected chi connectivity index (χ4v) is 5.93. The fourth-order valence-electron chi connectivity index (χ4n) is 4.70. The van der Waals surface area contributed by atoms with Gasteiger partial charge in [-0.15, -0.1) is 4.40 Å². The minimum Gasteiger partial charge on any atom is -0.486 e. The number of rotatable bonds is 4. The number of sulfonamides is 1. The molecule has 0 radical (unpaired) electrons. The van der Waals surface area contributed by atoms with Crippen molar-refractivity contribution in [2.24, 2.45) is 10.3 Å². The van der Waals surface area contributed by atoms with Crippen molar-refractivity contribution < 1.29 is 22.7 Å². The zero-order valence-electron chi connectivity index (χ0n) is 18.6. The normalized spacial score (nSPS) is 20.7. The summed E-state index contributed by atoms with van der Waals surface area (Å²) in [5.41, 5.74) is 1.61. The second-order valence-electron chi connectivity index (χ2n) is 8.50. The Morgan fingerprint density at radius 2 is 1.94 bits per heavy atom. The van der Waals surface area contributed by atoms with E-state index in [0.717, 1.165) is 24.2 Å². The molecule has 0 unspecified atom stereocenters. The molecule has 33 heavy (non-hydrogen) atoms. The zero-order chi connectivity index (χ0) is 23.0. The van der Waals surface area contributed by atoms with Crippen LogP contribution >= 0.6 is 0 Å². The molecule has 2 aromatic carbocycles. The van der Waals surface area contributed by atoms with Crippen LogP contribution in [0.1, 0.15) is 30.9 Å². The van der Waals surface area contributed by atoms with Crippen LogP contribution in [0.4, 0.5) is 0 Å². The van der Waals surface area contributed by atoms with Gasteiger partial charge in [0, 0.05) is 31.7 Å². The minimum absolute atomic E-state index is 0.0758. The van der Waals surface area contributed by atoms with Gasteiger partial charge in [0.15, 0.2) is 17.3 Å². The van der Waals surface area contributed by atoms with E-state index in [9.17, 15) is 13.2 Å². The molecule has 1 fully saturated rings. The Kier molecular flexibility index (Phi) is 5.74. The molecule has 0 aromatic heterocycles. The van der Waals surface area contributed by atoms with Crippen LogP contribution in [0.3, 0.4) is 0 Å². The summed E-state index contributed by atoms with van der Waals surface area (Å²) in [4.78, 5) is 17.5. The SMILES string of the molecule is CCN(Cc1ccc2c(c1)OCCO2)C(=O)[C@@H]1CCCN(C2=NS(=O)(=O)c3ccccc32)C1. The highest BCUT2D eigenvalue weighted by molar-refractivity contribution is 7.90. The van der Waals surface area contributed by atoms with E-state index < -0.39 is 10.0 Å². The molecular weight excluding hydrogens is 442 g/mol. The maximum Gasteiger partial charge on any atom is 0.285 e. The molecule has 1 saturated heterocycles. The molecule has 0 spiro atoms. The molecule has 9 heteroatoms. The van der Waals surface area contributed by atoms with E-state index in [1.165, 1.54) is 0 Å². The van der Waals surface area contributed by atoms with E-state index in [0.29, 0.717) is 56.5 Å². The molecular formula is C24H27N3O5S. The van der Waals surface area contributed by atoms with Crippen molar-refractivity contribution in [2.45, 2.75) is 31.2 Å². The van der Waals surface area contributed by atoms with Crippen molar-refractivity contribution in [1.29, 1.82) is 0 Å². The lowest BCUT2D eigenvalue weighted by Crippen LogP contribution is -2.46. The first-order valence-electron chi connectivity index (χ1n) is 11.3. The summed E-state index contributed by atoms with van der Waals surface area (Å²) in [5.74, 6) is 1.76. The van der Waals surface area contributed by atoms with Crippen molar-refractivity contribution in [1.82, 2.24) is 9.80 Å². The smallest absolute Gasteiger partial charge is 0.285 e. The van der Waals surface area contributed by atoms with Crippen LogP contribution < -0.4 is 9.47 Å². The van der Waals surface area contributed by atoms with Crippen LogP contribution in [0.2, 0.25) is 0 Å². The van der Waals surface area contributed by atoms with Crippen molar-refractivity contribution in [2.75, 3.05) is 32.8 Å². The summed E-state index contributed by atoms with van der Waals surface area (Å²) >= 11 is 0. The average molecular weight is 470 g/mol. The topological polar surface area (TPSA) is 88.5 Å². The molecule has 8 nitrogen and oxygen atoms in total. The van der Waals surface area contributed by atoms with Crippen LogP contribution in [-0.4, -0.2) is 62.8 Å². The quantitative estimate of drug-likeness (QED) is 0.684. The third-order valence-electron chi connectivity index (χ3n) is 6.36. The average Bonchev–Trinajstić information content (AvgIpc) is 3.13. The van der Waals surface area contributed by atoms with Gasteiger partial charge in [-0.05, 0) is 49.6 Å².